The fraction of sp³-hybridized carbons (Fsp3) is 1.00. The van der Waals surface area contributed by atoms with E-state index in [-0.39, 0.29) is 6.42 Å². The van der Waals surface area contributed by atoms with Crippen molar-refractivity contribution in [1.82, 2.24) is 4.90 Å². The van der Waals surface area contributed by atoms with Crippen LogP contribution < -0.4 is 0 Å². The van der Waals surface area contributed by atoms with Crippen LogP contribution in [0.1, 0.15) is 19.3 Å². The third-order valence-corrected chi connectivity index (χ3v) is 3.24. The molecule has 3 heteroatoms. The highest BCUT2D eigenvalue weighted by molar-refractivity contribution is 5.06. The van der Waals surface area contributed by atoms with Crippen LogP contribution in [0, 0.1) is 5.41 Å². The summed E-state index contributed by atoms with van der Waals surface area (Å²) < 4.78 is 26.1. The second kappa shape index (κ2) is 1.94. The summed E-state index contributed by atoms with van der Waals surface area (Å²) in [7, 11) is 1.92. The van der Waals surface area contributed by atoms with Crippen LogP contribution in [0.2, 0.25) is 0 Å². The Balaban J connectivity index is 2.13. The van der Waals surface area contributed by atoms with Crippen LogP contribution in [-0.2, 0) is 0 Å². The van der Waals surface area contributed by atoms with Crippen LogP contribution in [0.4, 0.5) is 8.78 Å². The van der Waals surface area contributed by atoms with Gasteiger partial charge in [0, 0.05) is 18.4 Å². The van der Waals surface area contributed by atoms with Gasteiger partial charge in [-0.2, -0.15) is 0 Å². The lowest BCUT2D eigenvalue weighted by Gasteiger charge is -2.46. The van der Waals surface area contributed by atoms with Gasteiger partial charge in [0.15, 0.2) is 0 Å². The predicted octanol–water partition coefficient (Wildman–Crippen LogP) is 1.74. The lowest BCUT2D eigenvalue weighted by molar-refractivity contribution is -0.194. The highest BCUT2D eigenvalue weighted by Crippen LogP contribution is 2.58. The molecule has 0 radical (unpaired) electrons. The minimum atomic E-state index is -2.36. The van der Waals surface area contributed by atoms with Gasteiger partial charge in [0.2, 0.25) is 0 Å². The first-order valence-corrected chi connectivity index (χ1v) is 4.12. The Morgan fingerprint density at radius 2 is 1.91 bits per heavy atom. The summed E-state index contributed by atoms with van der Waals surface area (Å²) in [5.74, 6) is -2.36. The fourth-order valence-electron chi connectivity index (χ4n) is 2.25. The van der Waals surface area contributed by atoms with Crippen molar-refractivity contribution >= 4 is 0 Å². The first-order chi connectivity index (χ1) is 5.06. The van der Waals surface area contributed by atoms with Gasteiger partial charge in [0.05, 0.1) is 0 Å². The van der Waals surface area contributed by atoms with E-state index >= 15 is 0 Å². The van der Waals surface area contributed by atoms with Crippen molar-refractivity contribution in [2.24, 2.45) is 5.41 Å². The molecule has 2 rings (SSSR count). The first-order valence-electron chi connectivity index (χ1n) is 4.12. The van der Waals surface area contributed by atoms with Crippen LogP contribution in [0.5, 0.6) is 0 Å². The van der Waals surface area contributed by atoms with E-state index in [2.05, 4.69) is 0 Å². The molecule has 0 unspecified atom stereocenters. The Morgan fingerprint density at radius 1 is 1.18 bits per heavy atom. The first kappa shape index (κ1) is 7.47. The van der Waals surface area contributed by atoms with Gasteiger partial charge in [-0.3, -0.25) is 0 Å². The van der Waals surface area contributed by atoms with Crippen molar-refractivity contribution in [3.8, 4) is 0 Å². The molecule has 0 amide bonds. The van der Waals surface area contributed by atoms with Crippen molar-refractivity contribution < 1.29 is 8.78 Å². The Labute approximate surface area is 65.4 Å². The maximum absolute atomic E-state index is 13.0. The van der Waals surface area contributed by atoms with Gasteiger partial charge in [-0.1, -0.05) is 0 Å². The maximum atomic E-state index is 13.0. The van der Waals surface area contributed by atoms with Gasteiger partial charge < -0.3 is 4.90 Å². The zero-order valence-corrected chi connectivity index (χ0v) is 6.74. The Bertz CT molecular complexity index is 181. The molecule has 64 valence electrons. The van der Waals surface area contributed by atoms with Crippen LogP contribution in [0.3, 0.4) is 0 Å². The van der Waals surface area contributed by atoms with E-state index in [9.17, 15) is 8.78 Å². The predicted molar refractivity (Wildman–Crippen MR) is 38.7 cm³/mol. The summed E-state index contributed by atoms with van der Waals surface area (Å²) in [6.45, 7) is 1.44. The lowest BCUT2D eigenvalue weighted by atomic mass is 9.64. The molecule has 2 aliphatic rings. The summed E-state index contributed by atoms with van der Waals surface area (Å²) in [4.78, 5) is 2.01. The third kappa shape index (κ3) is 0.835. The highest BCUT2D eigenvalue weighted by atomic mass is 19.3. The standard InChI is InChI=1S/C8H13F2N/c1-11-5-4-7(6-11)2-3-8(7,9)10/h2-6H2,1H3/t7-/m0/s1. The average molecular weight is 161 g/mol. The molecule has 0 N–H and O–H groups in total. The molecule has 1 atom stereocenters. The summed E-state index contributed by atoms with van der Waals surface area (Å²) in [6, 6.07) is 0. The smallest absolute Gasteiger partial charge is 0.254 e. The van der Waals surface area contributed by atoms with Crippen LogP contribution in [0.15, 0.2) is 0 Å². The molecule has 1 spiro atoms. The van der Waals surface area contributed by atoms with E-state index in [0.717, 1.165) is 13.0 Å². The number of nitrogens with zero attached hydrogens (tertiary/aromatic N) is 1. The minimum absolute atomic E-state index is 0.112. The van der Waals surface area contributed by atoms with E-state index < -0.39 is 11.3 Å². The quantitative estimate of drug-likeness (QED) is 0.523. The van der Waals surface area contributed by atoms with E-state index in [4.69, 9.17) is 0 Å². The van der Waals surface area contributed by atoms with Crippen molar-refractivity contribution in [3.05, 3.63) is 0 Å². The maximum Gasteiger partial charge on any atom is 0.254 e. The topological polar surface area (TPSA) is 3.24 Å². The molecule has 1 aliphatic heterocycles. The Kier molecular flexibility index (Phi) is 1.32. The lowest BCUT2D eigenvalue weighted by Crippen LogP contribution is -2.52. The molecule has 1 saturated carbocycles. The van der Waals surface area contributed by atoms with E-state index in [1.807, 2.05) is 11.9 Å². The van der Waals surface area contributed by atoms with E-state index in [0.29, 0.717) is 13.0 Å². The summed E-state index contributed by atoms with van der Waals surface area (Å²) >= 11 is 0. The molecule has 1 saturated heterocycles. The number of alkyl halides is 2. The average Bonchev–Trinajstić information content (AvgIpc) is 2.32. The molecule has 0 bridgehead atoms. The number of rotatable bonds is 0. The van der Waals surface area contributed by atoms with Gasteiger partial charge in [-0.05, 0) is 26.4 Å². The second-order valence-electron chi connectivity index (χ2n) is 3.97. The highest BCUT2D eigenvalue weighted by Gasteiger charge is 2.62. The van der Waals surface area contributed by atoms with Gasteiger partial charge in [0.1, 0.15) is 0 Å². The monoisotopic (exact) mass is 161 g/mol. The van der Waals surface area contributed by atoms with Gasteiger partial charge in [0.25, 0.3) is 5.92 Å². The summed E-state index contributed by atoms with van der Waals surface area (Å²) in [5.41, 5.74) is -0.623. The molecule has 0 aromatic rings. The van der Waals surface area contributed by atoms with Crippen LogP contribution in [0.25, 0.3) is 0 Å². The van der Waals surface area contributed by atoms with Crippen molar-refractivity contribution in [2.75, 3.05) is 20.1 Å². The third-order valence-electron chi connectivity index (χ3n) is 3.24. The molecular weight excluding hydrogens is 148 g/mol. The van der Waals surface area contributed by atoms with Crippen LogP contribution in [-0.4, -0.2) is 31.0 Å². The van der Waals surface area contributed by atoms with Crippen molar-refractivity contribution in [3.63, 3.8) is 0 Å². The fourth-order valence-corrected chi connectivity index (χ4v) is 2.25. The number of hydrogen-bond acceptors (Lipinski definition) is 1. The molecule has 0 aromatic carbocycles. The number of hydrogen-bond donors (Lipinski definition) is 0. The summed E-state index contributed by atoms with van der Waals surface area (Å²) in [5, 5.41) is 0. The van der Waals surface area contributed by atoms with Gasteiger partial charge >= 0.3 is 0 Å². The Hall–Kier alpha value is -0.180. The number of likely N-dealkylation sites (tertiary alicyclic amines) is 1. The zero-order valence-electron chi connectivity index (χ0n) is 6.74. The SMILES string of the molecule is CN1CC[C@@]2(CCC2(F)F)C1. The van der Waals surface area contributed by atoms with E-state index in [1.165, 1.54) is 0 Å². The van der Waals surface area contributed by atoms with Crippen molar-refractivity contribution in [1.29, 1.82) is 0 Å². The Morgan fingerprint density at radius 3 is 2.09 bits per heavy atom. The van der Waals surface area contributed by atoms with Crippen LogP contribution >= 0.6 is 0 Å². The molecule has 1 aliphatic carbocycles. The zero-order chi connectivity index (χ0) is 8.11. The largest absolute Gasteiger partial charge is 0.306 e. The van der Waals surface area contributed by atoms with Gasteiger partial charge in [-0.15, -0.1) is 0 Å². The molecular formula is C8H13F2N. The number of halogens is 2. The molecule has 1 nitrogen and oxygen atoms in total. The van der Waals surface area contributed by atoms with Gasteiger partial charge in [-0.25, -0.2) is 8.78 Å². The van der Waals surface area contributed by atoms with E-state index in [1.54, 1.807) is 0 Å². The van der Waals surface area contributed by atoms with Crippen molar-refractivity contribution in [2.45, 2.75) is 25.2 Å². The molecule has 0 aromatic heterocycles. The minimum Gasteiger partial charge on any atom is -0.306 e. The molecule has 1 heterocycles. The summed E-state index contributed by atoms with van der Waals surface area (Å²) in [6.07, 6.45) is 1.53. The normalized spacial score (nSPS) is 42.8. The second-order valence-corrected chi connectivity index (χ2v) is 3.97. The molecule has 11 heavy (non-hydrogen) atoms. The molecule has 2 fully saturated rings.